The first-order valence-electron chi connectivity index (χ1n) is 5.51. The van der Waals surface area contributed by atoms with Crippen LogP contribution in [0.2, 0.25) is 10.0 Å². The Hall–Kier alpha value is -0.110. The highest BCUT2D eigenvalue weighted by Gasteiger charge is 2.22. The SMILES string of the molecule is CC(NS(=O)(=O)c1sccc1Br)c1ccc(Cl)c(Cl)c1. The van der Waals surface area contributed by atoms with Crippen molar-refractivity contribution < 1.29 is 8.42 Å². The zero-order valence-electron chi connectivity index (χ0n) is 10.2. The Morgan fingerprint density at radius 1 is 1.25 bits per heavy atom. The van der Waals surface area contributed by atoms with Crippen molar-refractivity contribution in [2.24, 2.45) is 0 Å². The van der Waals surface area contributed by atoms with E-state index in [4.69, 9.17) is 23.2 Å². The van der Waals surface area contributed by atoms with Crippen molar-refractivity contribution in [3.05, 3.63) is 49.7 Å². The second-order valence-electron chi connectivity index (χ2n) is 4.07. The van der Waals surface area contributed by atoms with Crippen molar-refractivity contribution in [3.8, 4) is 0 Å². The van der Waals surface area contributed by atoms with Gasteiger partial charge in [0.2, 0.25) is 0 Å². The van der Waals surface area contributed by atoms with Gasteiger partial charge >= 0.3 is 0 Å². The minimum atomic E-state index is -3.57. The van der Waals surface area contributed by atoms with Gasteiger partial charge in [-0.25, -0.2) is 13.1 Å². The highest BCUT2D eigenvalue weighted by Crippen LogP contribution is 2.30. The van der Waals surface area contributed by atoms with Crippen LogP contribution in [-0.4, -0.2) is 8.42 Å². The van der Waals surface area contributed by atoms with E-state index in [1.165, 1.54) is 0 Å². The lowest BCUT2D eigenvalue weighted by Crippen LogP contribution is -2.26. The van der Waals surface area contributed by atoms with Gasteiger partial charge in [-0.1, -0.05) is 29.3 Å². The molecule has 108 valence electrons. The molecule has 1 aromatic heterocycles. The Bertz CT molecular complexity index is 731. The molecule has 1 N–H and O–H groups in total. The average Bonchev–Trinajstić information content (AvgIpc) is 2.79. The molecular formula is C12H10BrCl2NO2S2. The Morgan fingerprint density at radius 2 is 1.95 bits per heavy atom. The van der Waals surface area contributed by atoms with Crippen LogP contribution in [0.25, 0.3) is 0 Å². The van der Waals surface area contributed by atoms with Crippen molar-refractivity contribution in [3.63, 3.8) is 0 Å². The van der Waals surface area contributed by atoms with Crippen LogP contribution in [-0.2, 0) is 10.0 Å². The molecule has 20 heavy (non-hydrogen) atoms. The molecule has 0 aliphatic heterocycles. The molecule has 0 spiro atoms. The zero-order valence-corrected chi connectivity index (χ0v) is 15.0. The van der Waals surface area contributed by atoms with Gasteiger partial charge in [-0.3, -0.25) is 0 Å². The summed E-state index contributed by atoms with van der Waals surface area (Å²) in [6, 6.07) is 6.32. The van der Waals surface area contributed by atoms with Gasteiger partial charge < -0.3 is 0 Å². The van der Waals surface area contributed by atoms with E-state index in [0.717, 1.165) is 16.9 Å². The molecule has 0 amide bonds. The summed E-state index contributed by atoms with van der Waals surface area (Å²) < 4.78 is 27.9. The first-order valence-corrected chi connectivity index (χ1v) is 9.42. The standard InChI is InChI=1S/C12H10BrCl2NO2S2/c1-7(8-2-3-10(14)11(15)6-8)16-20(17,18)12-9(13)4-5-19-12/h2-7,16H,1H3. The number of halogens is 3. The first-order chi connectivity index (χ1) is 9.31. The normalized spacial score (nSPS) is 13.4. The minimum absolute atomic E-state index is 0.254. The number of nitrogens with one attached hydrogen (secondary N) is 1. The van der Waals surface area contributed by atoms with Gasteiger partial charge in [0.25, 0.3) is 10.0 Å². The fraction of sp³-hybridized carbons (Fsp3) is 0.167. The first kappa shape index (κ1) is 16.3. The molecule has 0 radical (unpaired) electrons. The number of hydrogen-bond donors (Lipinski definition) is 1. The molecule has 0 aliphatic rings. The van der Waals surface area contributed by atoms with Crippen LogP contribution >= 0.6 is 50.5 Å². The highest BCUT2D eigenvalue weighted by atomic mass is 79.9. The Kier molecular flexibility index (Phi) is 5.15. The molecule has 8 heteroatoms. The third-order valence-corrected chi connectivity index (χ3v) is 7.55. The van der Waals surface area contributed by atoms with Gasteiger partial charge in [-0.15, -0.1) is 11.3 Å². The van der Waals surface area contributed by atoms with Gasteiger partial charge in [-0.2, -0.15) is 0 Å². The molecule has 0 saturated carbocycles. The largest absolute Gasteiger partial charge is 0.251 e. The van der Waals surface area contributed by atoms with E-state index in [1.54, 1.807) is 36.6 Å². The lowest BCUT2D eigenvalue weighted by Gasteiger charge is -2.14. The number of hydrogen-bond acceptors (Lipinski definition) is 3. The van der Waals surface area contributed by atoms with Gasteiger partial charge in [0, 0.05) is 10.5 Å². The predicted molar refractivity (Wildman–Crippen MR) is 87.2 cm³/mol. The summed E-state index contributed by atoms with van der Waals surface area (Å²) in [5, 5.41) is 2.54. The summed E-state index contributed by atoms with van der Waals surface area (Å²) in [5.41, 5.74) is 0.746. The van der Waals surface area contributed by atoms with E-state index in [2.05, 4.69) is 20.7 Å². The molecule has 0 aliphatic carbocycles. The van der Waals surface area contributed by atoms with Crippen molar-refractivity contribution in [2.75, 3.05) is 0 Å². The molecule has 1 unspecified atom stereocenters. The second-order valence-corrected chi connectivity index (χ2v) is 8.57. The fourth-order valence-corrected chi connectivity index (χ4v) is 5.50. The molecule has 2 aromatic rings. The summed E-state index contributed by atoms with van der Waals surface area (Å²) in [7, 11) is -3.57. The quantitative estimate of drug-likeness (QED) is 0.776. The maximum atomic E-state index is 12.3. The van der Waals surface area contributed by atoms with Crippen LogP contribution in [0.4, 0.5) is 0 Å². The third kappa shape index (κ3) is 3.55. The van der Waals surface area contributed by atoms with E-state index in [1.807, 2.05) is 0 Å². The molecule has 3 nitrogen and oxygen atoms in total. The van der Waals surface area contributed by atoms with Crippen molar-refractivity contribution in [1.29, 1.82) is 0 Å². The van der Waals surface area contributed by atoms with E-state index in [0.29, 0.717) is 14.5 Å². The summed E-state index contributed by atoms with van der Waals surface area (Å²) in [4.78, 5) is 0. The lowest BCUT2D eigenvalue weighted by atomic mass is 10.1. The second kappa shape index (κ2) is 6.34. The molecule has 2 rings (SSSR count). The smallest absolute Gasteiger partial charge is 0.206 e. The van der Waals surface area contributed by atoms with Crippen molar-refractivity contribution in [2.45, 2.75) is 17.2 Å². The third-order valence-electron chi connectivity index (χ3n) is 2.60. The Balaban J connectivity index is 2.25. The predicted octanol–water partition coefficient (Wildman–Crippen LogP) is 4.86. The summed E-state index contributed by atoms with van der Waals surface area (Å²) in [6.45, 7) is 1.75. The van der Waals surface area contributed by atoms with Crippen LogP contribution in [0.15, 0.2) is 38.3 Å². The monoisotopic (exact) mass is 413 g/mol. The maximum Gasteiger partial charge on any atom is 0.251 e. The maximum absolute atomic E-state index is 12.3. The van der Waals surface area contributed by atoms with Crippen LogP contribution < -0.4 is 4.72 Å². The molecule has 1 aromatic carbocycles. The van der Waals surface area contributed by atoms with Gasteiger partial charge in [0.1, 0.15) is 4.21 Å². The van der Waals surface area contributed by atoms with Gasteiger partial charge in [0.15, 0.2) is 0 Å². The van der Waals surface area contributed by atoms with E-state index < -0.39 is 16.1 Å². The summed E-state index contributed by atoms with van der Waals surface area (Å²) in [6.07, 6.45) is 0. The highest BCUT2D eigenvalue weighted by molar-refractivity contribution is 9.10. The lowest BCUT2D eigenvalue weighted by molar-refractivity contribution is 0.568. The Morgan fingerprint density at radius 3 is 2.50 bits per heavy atom. The average molecular weight is 415 g/mol. The van der Waals surface area contributed by atoms with E-state index in [9.17, 15) is 8.42 Å². The van der Waals surface area contributed by atoms with Gasteiger partial charge in [0.05, 0.1) is 10.0 Å². The molecule has 0 fully saturated rings. The summed E-state index contributed by atoms with van der Waals surface area (Å²) >= 11 is 16.2. The van der Waals surface area contributed by atoms with Crippen LogP contribution in [0.5, 0.6) is 0 Å². The topological polar surface area (TPSA) is 46.2 Å². The van der Waals surface area contributed by atoms with E-state index in [-0.39, 0.29) is 4.21 Å². The Labute approximate surface area is 140 Å². The number of sulfonamides is 1. The van der Waals surface area contributed by atoms with Gasteiger partial charge in [-0.05, 0) is 52.0 Å². The van der Waals surface area contributed by atoms with Crippen LogP contribution in [0, 0.1) is 0 Å². The molecule has 1 atom stereocenters. The molecule has 0 bridgehead atoms. The van der Waals surface area contributed by atoms with Crippen LogP contribution in [0.1, 0.15) is 18.5 Å². The van der Waals surface area contributed by atoms with Crippen molar-refractivity contribution in [1.82, 2.24) is 4.72 Å². The molecule has 0 saturated heterocycles. The molecule has 1 heterocycles. The number of thiophene rings is 1. The van der Waals surface area contributed by atoms with E-state index >= 15 is 0 Å². The molecular weight excluding hydrogens is 405 g/mol. The fourth-order valence-electron chi connectivity index (χ4n) is 1.61. The minimum Gasteiger partial charge on any atom is -0.206 e. The number of rotatable bonds is 4. The van der Waals surface area contributed by atoms with Crippen LogP contribution in [0.3, 0.4) is 0 Å². The zero-order chi connectivity index (χ0) is 14.9. The summed E-state index contributed by atoms with van der Waals surface area (Å²) in [5.74, 6) is 0. The van der Waals surface area contributed by atoms with Crippen molar-refractivity contribution >= 4 is 60.5 Å². The number of benzene rings is 1.